The highest BCUT2D eigenvalue weighted by atomic mass is 16.3. The van der Waals surface area contributed by atoms with Crippen molar-refractivity contribution in [2.75, 3.05) is 0 Å². The van der Waals surface area contributed by atoms with Gasteiger partial charge in [-0.3, -0.25) is 0 Å². The summed E-state index contributed by atoms with van der Waals surface area (Å²) < 4.78 is 0. The van der Waals surface area contributed by atoms with Gasteiger partial charge in [0.2, 0.25) is 0 Å². The molecule has 0 saturated carbocycles. The highest BCUT2D eigenvalue weighted by Crippen LogP contribution is 2.43. The fraction of sp³-hybridized carbons (Fsp3) is 0.308. The first kappa shape index (κ1) is 20.0. The normalized spacial score (nSPS) is 11.4. The molecule has 0 radical (unpaired) electrons. The maximum absolute atomic E-state index is 10.9. The van der Waals surface area contributed by atoms with Gasteiger partial charge in [0.25, 0.3) is 0 Å². The second kappa shape index (κ2) is 7.71. The summed E-state index contributed by atoms with van der Waals surface area (Å²) in [6.07, 6.45) is 0. The number of rotatable bonds is 4. The average molecular weight is 375 g/mol. The van der Waals surface area contributed by atoms with Crippen molar-refractivity contribution in [1.82, 2.24) is 0 Å². The van der Waals surface area contributed by atoms with Crippen LogP contribution in [-0.4, -0.2) is 10.2 Å². The van der Waals surface area contributed by atoms with E-state index < -0.39 is 0 Å². The van der Waals surface area contributed by atoms with Crippen LogP contribution >= 0.6 is 0 Å². The summed E-state index contributed by atoms with van der Waals surface area (Å²) in [5.74, 6) is 0.805. The van der Waals surface area contributed by atoms with Crippen molar-refractivity contribution >= 4 is 0 Å². The van der Waals surface area contributed by atoms with E-state index >= 15 is 0 Å². The molecule has 3 aromatic carbocycles. The van der Waals surface area contributed by atoms with Crippen LogP contribution in [0.4, 0.5) is 0 Å². The molecule has 28 heavy (non-hydrogen) atoms. The Bertz CT molecular complexity index is 940. The Morgan fingerprint density at radius 1 is 0.607 bits per heavy atom. The molecular weight excluding hydrogens is 344 g/mol. The smallest absolute Gasteiger partial charge is 0.122 e. The largest absolute Gasteiger partial charge is 0.507 e. The lowest BCUT2D eigenvalue weighted by atomic mass is 9.81. The molecule has 0 saturated heterocycles. The molecular formula is C26H30O2. The average Bonchev–Trinajstić information content (AvgIpc) is 2.63. The number of aryl methyl sites for hydroxylation is 4. The molecule has 0 heterocycles. The van der Waals surface area contributed by atoms with Gasteiger partial charge >= 0.3 is 0 Å². The minimum absolute atomic E-state index is 0.238. The molecule has 0 bridgehead atoms. The van der Waals surface area contributed by atoms with Crippen LogP contribution in [0, 0.1) is 27.7 Å². The molecule has 3 rings (SSSR count). The molecule has 0 fully saturated rings. The number of hydrogen-bond donors (Lipinski definition) is 2. The molecule has 0 aliphatic carbocycles. The topological polar surface area (TPSA) is 40.5 Å². The molecule has 0 aliphatic rings. The first-order valence-corrected chi connectivity index (χ1v) is 9.89. The van der Waals surface area contributed by atoms with E-state index in [1.54, 1.807) is 0 Å². The van der Waals surface area contributed by atoms with Crippen LogP contribution in [0.25, 0.3) is 0 Å². The number of aromatic hydroxyl groups is 2. The van der Waals surface area contributed by atoms with Gasteiger partial charge in [-0.05, 0) is 55.9 Å². The maximum Gasteiger partial charge on any atom is 0.122 e. The van der Waals surface area contributed by atoms with E-state index in [2.05, 4.69) is 38.1 Å². The summed E-state index contributed by atoms with van der Waals surface area (Å²) in [6, 6.07) is 16.6. The van der Waals surface area contributed by atoms with Gasteiger partial charge in [0.1, 0.15) is 11.5 Å². The summed E-state index contributed by atoms with van der Waals surface area (Å²) in [6.45, 7) is 12.3. The minimum Gasteiger partial charge on any atom is -0.507 e. The number of hydrogen-bond acceptors (Lipinski definition) is 2. The van der Waals surface area contributed by atoms with E-state index in [0.717, 1.165) is 38.9 Å². The third kappa shape index (κ3) is 3.77. The zero-order chi connectivity index (χ0) is 20.6. The standard InChI is InChI=1S/C26H30O2/c1-15(2)20-7-9-21(10-8-20)24(22-13-16(3)11-18(5)25(22)27)23-14-17(4)12-19(6)26(23)28/h7-15,24,27-28H,1-6H3. The first-order valence-electron chi connectivity index (χ1n) is 9.89. The van der Waals surface area contributed by atoms with Gasteiger partial charge in [-0.1, -0.05) is 73.5 Å². The van der Waals surface area contributed by atoms with E-state index in [0.29, 0.717) is 17.4 Å². The molecule has 0 unspecified atom stereocenters. The van der Waals surface area contributed by atoms with Crippen molar-refractivity contribution in [2.45, 2.75) is 53.4 Å². The molecule has 0 aliphatic heterocycles. The Kier molecular flexibility index (Phi) is 5.51. The van der Waals surface area contributed by atoms with Gasteiger partial charge in [-0.25, -0.2) is 0 Å². The van der Waals surface area contributed by atoms with Crippen LogP contribution in [0.2, 0.25) is 0 Å². The lowest BCUT2D eigenvalue weighted by Gasteiger charge is -2.24. The Hall–Kier alpha value is -2.74. The lowest BCUT2D eigenvalue weighted by Crippen LogP contribution is -2.07. The Balaban J connectivity index is 2.29. The Labute approximate surface area is 168 Å². The second-order valence-electron chi connectivity index (χ2n) is 8.29. The summed E-state index contributed by atoms with van der Waals surface area (Å²) in [5.41, 5.74) is 7.88. The Morgan fingerprint density at radius 3 is 1.39 bits per heavy atom. The highest BCUT2D eigenvalue weighted by Gasteiger charge is 2.25. The summed E-state index contributed by atoms with van der Waals surface area (Å²) >= 11 is 0. The summed E-state index contributed by atoms with van der Waals surface area (Å²) in [7, 11) is 0. The zero-order valence-corrected chi connectivity index (χ0v) is 17.7. The second-order valence-corrected chi connectivity index (χ2v) is 8.29. The van der Waals surface area contributed by atoms with Gasteiger partial charge in [-0.15, -0.1) is 0 Å². The summed E-state index contributed by atoms with van der Waals surface area (Å²) in [5, 5.41) is 21.8. The summed E-state index contributed by atoms with van der Waals surface area (Å²) in [4.78, 5) is 0. The molecule has 0 aromatic heterocycles. The Morgan fingerprint density at radius 2 is 1.00 bits per heavy atom. The van der Waals surface area contributed by atoms with Crippen LogP contribution in [0.3, 0.4) is 0 Å². The number of phenolic OH excluding ortho intramolecular Hbond substituents is 2. The van der Waals surface area contributed by atoms with Crippen molar-refractivity contribution in [3.05, 3.63) is 93.0 Å². The van der Waals surface area contributed by atoms with Crippen LogP contribution in [0.1, 0.15) is 70.2 Å². The first-order chi connectivity index (χ1) is 13.2. The molecule has 146 valence electrons. The van der Waals surface area contributed by atoms with Crippen molar-refractivity contribution in [3.63, 3.8) is 0 Å². The molecule has 2 N–H and O–H groups in total. The van der Waals surface area contributed by atoms with Gasteiger partial charge in [-0.2, -0.15) is 0 Å². The van der Waals surface area contributed by atoms with Gasteiger partial charge in [0.15, 0.2) is 0 Å². The molecule has 2 nitrogen and oxygen atoms in total. The molecule has 0 amide bonds. The van der Waals surface area contributed by atoms with Crippen LogP contribution < -0.4 is 0 Å². The van der Waals surface area contributed by atoms with E-state index in [4.69, 9.17) is 0 Å². The maximum atomic E-state index is 10.9. The van der Waals surface area contributed by atoms with E-state index in [9.17, 15) is 10.2 Å². The van der Waals surface area contributed by atoms with Crippen molar-refractivity contribution in [2.24, 2.45) is 0 Å². The molecule has 3 aromatic rings. The SMILES string of the molecule is Cc1cc(C)c(O)c(C(c2ccc(C(C)C)cc2)c2cc(C)cc(C)c2O)c1. The monoisotopic (exact) mass is 374 g/mol. The van der Waals surface area contributed by atoms with Crippen LogP contribution in [0.15, 0.2) is 48.5 Å². The lowest BCUT2D eigenvalue weighted by molar-refractivity contribution is 0.454. The van der Waals surface area contributed by atoms with Gasteiger partial charge in [0.05, 0.1) is 0 Å². The fourth-order valence-electron chi connectivity index (χ4n) is 4.03. The van der Waals surface area contributed by atoms with Crippen LogP contribution in [-0.2, 0) is 0 Å². The number of benzene rings is 3. The predicted octanol–water partition coefficient (Wildman–Crippen LogP) is 6.64. The van der Waals surface area contributed by atoms with Gasteiger partial charge < -0.3 is 10.2 Å². The number of phenols is 2. The molecule has 0 spiro atoms. The fourth-order valence-corrected chi connectivity index (χ4v) is 4.03. The third-order valence-corrected chi connectivity index (χ3v) is 5.51. The van der Waals surface area contributed by atoms with E-state index in [-0.39, 0.29) is 5.92 Å². The minimum atomic E-state index is -0.238. The van der Waals surface area contributed by atoms with Crippen molar-refractivity contribution in [1.29, 1.82) is 0 Å². The molecule has 0 atom stereocenters. The van der Waals surface area contributed by atoms with E-state index in [1.165, 1.54) is 5.56 Å². The predicted molar refractivity (Wildman–Crippen MR) is 117 cm³/mol. The van der Waals surface area contributed by atoms with Crippen molar-refractivity contribution in [3.8, 4) is 11.5 Å². The quantitative estimate of drug-likeness (QED) is 0.503. The van der Waals surface area contributed by atoms with Crippen LogP contribution in [0.5, 0.6) is 11.5 Å². The highest BCUT2D eigenvalue weighted by molar-refractivity contribution is 5.57. The zero-order valence-electron chi connectivity index (χ0n) is 17.7. The third-order valence-electron chi connectivity index (χ3n) is 5.51. The van der Waals surface area contributed by atoms with Gasteiger partial charge in [0, 0.05) is 17.0 Å². The van der Waals surface area contributed by atoms with Crippen molar-refractivity contribution < 1.29 is 10.2 Å². The molecule has 2 heteroatoms. The van der Waals surface area contributed by atoms with E-state index in [1.807, 2.05) is 52.0 Å².